The lowest BCUT2D eigenvalue weighted by Crippen LogP contribution is -2.54. The number of nitrogens with zero attached hydrogens (tertiary/aromatic N) is 1. The predicted molar refractivity (Wildman–Crippen MR) is 170 cm³/mol. The highest BCUT2D eigenvalue weighted by Gasteiger charge is 2.37. The van der Waals surface area contributed by atoms with E-state index in [4.69, 9.17) is 4.74 Å². The summed E-state index contributed by atoms with van der Waals surface area (Å²) in [5.74, 6) is -0.850. The van der Waals surface area contributed by atoms with Gasteiger partial charge in [0.2, 0.25) is 5.91 Å². The first-order valence-electron chi connectivity index (χ1n) is 15.1. The van der Waals surface area contributed by atoms with Crippen molar-refractivity contribution < 1.29 is 19.1 Å². The van der Waals surface area contributed by atoms with Crippen LogP contribution in [0, 0.1) is 12.8 Å². The molecule has 226 valence electrons. The van der Waals surface area contributed by atoms with Gasteiger partial charge in [-0.2, -0.15) is 0 Å². The van der Waals surface area contributed by atoms with Crippen LogP contribution in [0.2, 0.25) is 0 Å². The minimum Gasteiger partial charge on any atom is -0.444 e. The molecule has 0 aliphatic rings. The van der Waals surface area contributed by atoms with Crippen LogP contribution in [0.4, 0.5) is 10.5 Å². The second kappa shape index (κ2) is 14.9. The number of unbranched alkanes of at least 4 members (excludes halogenated alkanes) is 3. The summed E-state index contributed by atoms with van der Waals surface area (Å²) in [6.45, 7) is 13.6. The minimum absolute atomic E-state index is 0.232. The average Bonchev–Trinajstić information content (AvgIpc) is 2.91. The van der Waals surface area contributed by atoms with Crippen molar-refractivity contribution in [1.29, 1.82) is 0 Å². The molecule has 3 aromatic carbocycles. The van der Waals surface area contributed by atoms with Crippen LogP contribution in [-0.4, -0.2) is 41.0 Å². The molecule has 0 aromatic heterocycles. The summed E-state index contributed by atoms with van der Waals surface area (Å²) in [5, 5.41) is 7.97. The van der Waals surface area contributed by atoms with Gasteiger partial charge in [0, 0.05) is 12.2 Å². The second-order valence-corrected chi connectivity index (χ2v) is 12.3. The molecular weight excluding hydrogens is 526 g/mol. The van der Waals surface area contributed by atoms with Crippen LogP contribution in [0.25, 0.3) is 10.8 Å². The average molecular weight is 574 g/mol. The summed E-state index contributed by atoms with van der Waals surface area (Å²) in [7, 11) is 0. The highest BCUT2D eigenvalue weighted by Crippen LogP contribution is 2.28. The first-order chi connectivity index (χ1) is 19.9. The molecule has 0 saturated heterocycles. The fourth-order valence-corrected chi connectivity index (χ4v) is 4.99. The van der Waals surface area contributed by atoms with Gasteiger partial charge in [-0.3, -0.25) is 9.59 Å². The lowest BCUT2D eigenvalue weighted by Gasteiger charge is -2.35. The van der Waals surface area contributed by atoms with E-state index in [1.807, 2.05) is 87.5 Å². The smallest absolute Gasteiger partial charge is 0.408 e. The number of hydrogen-bond donors (Lipinski definition) is 2. The van der Waals surface area contributed by atoms with E-state index < -0.39 is 23.8 Å². The second-order valence-electron chi connectivity index (χ2n) is 12.3. The zero-order chi connectivity index (χ0) is 30.9. The van der Waals surface area contributed by atoms with E-state index in [2.05, 4.69) is 17.6 Å². The molecule has 2 atom stereocenters. The van der Waals surface area contributed by atoms with Crippen LogP contribution in [0.1, 0.15) is 84.4 Å². The Labute approximate surface area is 251 Å². The molecule has 7 nitrogen and oxygen atoms in total. The van der Waals surface area contributed by atoms with Gasteiger partial charge >= 0.3 is 6.09 Å². The Kier molecular flexibility index (Phi) is 11.5. The van der Waals surface area contributed by atoms with E-state index >= 15 is 0 Å². The molecule has 3 amide bonds. The zero-order valence-corrected chi connectivity index (χ0v) is 26.2. The number of fused-ring (bicyclic) bond motifs is 1. The third-order valence-electron chi connectivity index (χ3n) is 7.08. The lowest BCUT2D eigenvalue weighted by molar-refractivity contribution is -0.141. The monoisotopic (exact) mass is 573 g/mol. The largest absolute Gasteiger partial charge is 0.444 e. The Morgan fingerprint density at radius 1 is 0.881 bits per heavy atom. The van der Waals surface area contributed by atoms with Crippen molar-refractivity contribution in [2.24, 2.45) is 5.92 Å². The highest BCUT2D eigenvalue weighted by atomic mass is 16.6. The molecule has 0 heterocycles. The van der Waals surface area contributed by atoms with Gasteiger partial charge in [-0.15, -0.1) is 0 Å². The molecule has 0 saturated carbocycles. The first kappa shape index (κ1) is 32.6. The van der Waals surface area contributed by atoms with Crippen LogP contribution in [0.3, 0.4) is 0 Å². The van der Waals surface area contributed by atoms with E-state index in [1.165, 1.54) is 0 Å². The quantitative estimate of drug-likeness (QED) is 0.217. The van der Waals surface area contributed by atoms with Crippen LogP contribution in [0.15, 0.2) is 66.7 Å². The maximum atomic E-state index is 14.4. The number of carbonyl (C=O) groups is 3. The third kappa shape index (κ3) is 9.33. The van der Waals surface area contributed by atoms with Gasteiger partial charge in [-0.1, -0.05) is 100 Å². The number of benzene rings is 3. The summed E-state index contributed by atoms with van der Waals surface area (Å²) in [6, 6.07) is 19.7. The fraction of sp³-hybridized carbons (Fsp3) is 0.457. The predicted octanol–water partition coefficient (Wildman–Crippen LogP) is 7.79. The molecule has 0 spiro atoms. The Balaban J connectivity index is 2.02. The van der Waals surface area contributed by atoms with Crippen molar-refractivity contribution in [3.05, 3.63) is 77.9 Å². The van der Waals surface area contributed by atoms with Crippen LogP contribution < -0.4 is 10.6 Å². The van der Waals surface area contributed by atoms with Crippen molar-refractivity contribution in [2.45, 2.75) is 91.8 Å². The Morgan fingerprint density at radius 2 is 1.60 bits per heavy atom. The lowest BCUT2D eigenvalue weighted by atomic mass is 9.97. The Hall–Kier alpha value is -3.87. The number of rotatable bonds is 12. The molecule has 7 heteroatoms. The molecule has 2 unspecified atom stereocenters. The molecule has 0 aliphatic heterocycles. The summed E-state index contributed by atoms with van der Waals surface area (Å²) >= 11 is 0. The van der Waals surface area contributed by atoms with Crippen LogP contribution in [-0.2, 0) is 14.3 Å². The molecular formula is C35H47N3O4. The number of anilines is 1. The molecule has 0 radical (unpaired) electrons. The maximum Gasteiger partial charge on any atom is 0.408 e. The molecule has 2 N–H and O–H groups in total. The Bertz CT molecular complexity index is 1360. The van der Waals surface area contributed by atoms with Gasteiger partial charge in [0.15, 0.2) is 0 Å². The zero-order valence-electron chi connectivity index (χ0n) is 26.2. The molecule has 3 rings (SSSR count). The summed E-state index contributed by atoms with van der Waals surface area (Å²) in [6.07, 6.45) is 3.09. The van der Waals surface area contributed by atoms with Crippen LogP contribution >= 0.6 is 0 Å². The number of ether oxygens (including phenoxy) is 1. The number of alkyl carbamates (subject to hydrolysis) is 1. The third-order valence-corrected chi connectivity index (χ3v) is 7.08. The molecule has 0 fully saturated rings. The van der Waals surface area contributed by atoms with Gasteiger partial charge in [-0.25, -0.2) is 4.79 Å². The molecule has 3 aromatic rings. The molecule has 42 heavy (non-hydrogen) atoms. The minimum atomic E-state index is -0.896. The summed E-state index contributed by atoms with van der Waals surface area (Å²) in [4.78, 5) is 43.0. The number of amides is 3. The van der Waals surface area contributed by atoms with E-state index in [0.29, 0.717) is 12.2 Å². The van der Waals surface area contributed by atoms with Gasteiger partial charge in [0.05, 0.1) is 0 Å². The summed E-state index contributed by atoms with van der Waals surface area (Å²) < 4.78 is 5.48. The molecule has 0 bridgehead atoms. The topological polar surface area (TPSA) is 87.7 Å². The normalized spacial score (nSPS) is 13.0. The summed E-state index contributed by atoms with van der Waals surface area (Å²) in [5.41, 5.74) is 1.65. The molecule has 0 aliphatic carbocycles. The van der Waals surface area contributed by atoms with E-state index in [-0.39, 0.29) is 17.7 Å². The van der Waals surface area contributed by atoms with Crippen molar-refractivity contribution in [3.8, 4) is 0 Å². The SMILES string of the molecule is CCCCCCN(C(=O)C(NC(=O)OC(C)(C)C)C(C)C)C(C(=O)Nc1ccc2ccccc2c1)c1cccc(C)c1. The van der Waals surface area contributed by atoms with E-state index in [0.717, 1.165) is 47.6 Å². The van der Waals surface area contributed by atoms with Gasteiger partial charge in [-0.05, 0) is 68.5 Å². The number of hydrogen-bond acceptors (Lipinski definition) is 4. The fourth-order valence-electron chi connectivity index (χ4n) is 4.99. The standard InChI is InChI=1S/C35H47N3O4/c1-8-9-10-13-21-38(33(40)30(24(2)3)37-34(41)42-35(5,6)7)31(28-18-14-15-25(4)22-28)32(39)36-29-20-19-26-16-11-12-17-27(26)23-29/h11-12,14-20,22-24,30-31H,8-10,13,21H2,1-7H3,(H,36,39)(H,37,41). The number of carbonyl (C=O) groups excluding carboxylic acids is 3. The Morgan fingerprint density at radius 3 is 2.24 bits per heavy atom. The van der Waals surface area contributed by atoms with Crippen molar-refractivity contribution in [2.75, 3.05) is 11.9 Å². The van der Waals surface area contributed by atoms with Crippen LogP contribution in [0.5, 0.6) is 0 Å². The van der Waals surface area contributed by atoms with Gasteiger partial charge < -0.3 is 20.3 Å². The van der Waals surface area contributed by atoms with Crippen molar-refractivity contribution in [3.63, 3.8) is 0 Å². The number of nitrogens with one attached hydrogen (secondary N) is 2. The van der Waals surface area contributed by atoms with E-state index in [1.54, 1.807) is 25.7 Å². The maximum absolute atomic E-state index is 14.4. The highest BCUT2D eigenvalue weighted by molar-refractivity contribution is 6.00. The number of aryl methyl sites for hydroxylation is 1. The van der Waals surface area contributed by atoms with Gasteiger partial charge in [0.1, 0.15) is 17.7 Å². The van der Waals surface area contributed by atoms with Crippen molar-refractivity contribution >= 4 is 34.4 Å². The van der Waals surface area contributed by atoms with Gasteiger partial charge in [0.25, 0.3) is 5.91 Å². The first-order valence-corrected chi connectivity index (χ1v) is 15.1. The van der Waals surface area contributed by atoms with E-state index in [9.17, 15) is 14.4 Å². The van der Waals surface area contributed by atoms with Crippen molar-refractivity contribution in [1.82, 2.24) is 10.2 Å².